The van der Waals surface area contributed by atoms with Gasteiger partial charge in [0, 0.05) is 30.8 Å². The summed E-state index contributed by atoms with van der Waals surface area (Å²) in [4.78, 5) is 9.01. The van der Waals surface area contributed by atoms with Crippen LogP contribution < -0.4 is 10.6 Å². The first kappa shape index (κ1) is 15.1. The van der Waals surface area contributed by atoms with Crippen molar-refractivity contribution in [2.45, 2.75) is 39.7 Å². The van der Waals surface area contributed by atoms with Crippen molar-refractivity contribution in [3.05, 3.63) is 11.9 Å². The highest BCUT2D eigenvalue weighted by Crippen LogP contribution is 2.17. The second-order valence-electron chi connectivity index (χ2n) is 4.61. The number of aromatic nitrogens is 2. The molecule has 0 bridgehead atoms. The van der Waals surface area contributed by atoms with Crippen LogP contribution in [0, 0.1) is 0 Å². The van der Waals surface area contributed by atoms with Gasteiger partial charge in [0.25, 0.3) is 0 Å². The predicted molar refractivity (Wildman–Crippen MR) is 81.8 cm³/mol. The highest BCUT2D eigenvalue weighted by molar-refractivity contribution is 7.99. The van der Waals surface area contributed by atoms with Crippen molar-refractivity contribution in [1.82, 2.24) is 9.97 Å². The average Bonchev–Trinajstić information content (AvgIpc) is 2.35. The van der Waals surface area contributed by atoms with Gasteiger partial charge in [-0.2, -0.15) is 11.8 Å². The zero-order chi connectivity index (χ0) is 13.5. The molecule has 1 rings (SSSR count). The summed E-state index contributed by atoms with van der Waals surface area (Å²) in [6.45, 7) is 8.57. The molecule has 0 saturated carbocycles. The Morgan fingerprint density at radius 3 is 2.44 bits per heavy atom. The van der Waals surface area contributed by atoms with Crippen LogP contribution in [-0.2, 0) is 0 Å². The molecule has 1 aromatic rings. The maximum atomic E-state index is 4.56. The fourth-order valence-corrected chi connectivity index (χ4v) is 2.19. The van der Waals surface area contributed by atoms with Crippen LogP contribution in [0.1, 0.15) is 39.4 Å². The molecule has 0 fully saturated rings. The van der Waals surface area contributed by atoms with E-state index in [0.717, 1.165) is 29.0 Å². The molecule has 2 N–H and O–H groups in total. The molecule has 0 radical (unpaired) electrons. The van der Waals surface area contributed by atoms with Crippen LogP contribution >= 0.6 is 11.8 Å². The van der Waals surface area contributed by atoms with Crippen molar-refractivity contribution in [1.29, 1.82) is 0 Å². The van der Waals surface area contributed by atoms with Crippen molar-refractivity contribution in [2.75, 3.05) is 29.2 Å². The Kier molecular flexibility index (Phi) is 6.25. The maximum Gasteiger partial charge on any atom is 0.135 e. The van der Waals surface area contributed by atoms with Gasteiger partial charge >= 0.3 is 0 Å². The van der Waals surface area contributed by atoms with E-state index in [4.69, 9.17) is 0 Å². The van der Waals surface area contributed by atoms with Crippen molar-refractivity contribution in [3.63, 3.8) is 0 Å². The third kappa shape index (κ3) is 4.72. The Bertz CT molecular complexity index is 368. The van der Waals surface area contributed by atoms with Crippen LogP contribution in [0.3, 0.4) is 0 Å². The Labute approximate surface area is 114 Å². The van der Waals surface area contributed by atoms with Crippen molar-refractivity contribution in [2.24, 2.45) is 0 Å². The molecule has 1 heterocycles. The van der Waals surface area contributed by atoms with Gasteiger partial charge in [0.05, 0.1) is 0 Å². The van der Waals surface area contributed by atoms with Gasteiger partial charge in [-0.1, -0.05) is 20.8 Å². The molecule has 0 aliphatic rings. The molecule has 1 aromatic heterocycles. The van der Waals surface area contributed by atoms with E-state index >= 15 is 0 Å². The highest BCUT2D eigenvalue weighted by atomic mass is 32.2. The Morgan fingerprint density at radius 2 is 1.89 bits per heavy atom. The summed E-state index contributed by atoms with van der Waals surface area (Å²) in [5.41, 5.74) is 0. The second-order valence-corrected chi connectivity index (χ2v) is 5.93. The van der Waals surface area contributed by atoms with E-state index in [2.05, 4.69) is 48.3 Å². The summed E-state index contributed by atoms with van der Waals surface area (Å²) in [5, 5.41) is 6.52. The maximum absolute atomic E-state index is 4.56. The van der Waals surface area contributed by atoms with Gasteiger partial charge in [-0.25, -0.2) is 9.97 Å². The molecule has 18 heavy (non-hydrogen) atoms. The molecular weight excluding hydrogens is 244 g/mol. The summed E-state index contributed by atoms with van der Waals surface area (Å²) in [6, 6.07) is 2.37. The van der Waals surface area contributed by atoms with Gasteiger partial charge in [-0.05, 0) is 12.7 Å². The van der Waals surface area contributed by atoms with E-state index in [1.807, 2.05) is 24.9 Å². The Hall–Kier alpha value is -0.970. The standard InChI is InChI=1S/C13H24N4S/c1-6-18-8-10(4)15-12-7-11(14-5)16-13(17-12)9(2)3/h7,9-10H,6,8H2,1-5H3,(H2,14,15,16,17). The van der Waals surface area contributed by atoms with Gasteiger partial charge in [0.15, 0.2) is 0 Å². The molecule has 102 valence electrons. The van der Waals surface area contributed by atoms with Crippen molar-refractivity contribution >= 4 is 23.4 Å². The normalized spacial score (nSPS) is 12.6. The molecule has 0 saturated heterocycles. The van der Waals surface area contributed by atoms with E-state index in [0.29, 0.717) is 12.0 Å². The first-order chi connectivity index (χ1) is 8.56. The molecule has 0 spiro atoms. The van der Waals surface area contributed by atoms with Gasteiger partial charge < -0.3 is 10.6 Å². The number of hydrogen-bond donors (Lipinski definition) is 2. The smallest absolute Gasteiger partial charge is 0.135 e. The van der Waals surface area contributed by atoms with E-state index in [9.17, 15) is 0 Å². The number of hydrogen-bond acceptors (Lipinski definition) is 5. The van der Waals surface area contributed by atoms with Crippen LogP contribution in [0.4, 0.5) is 11.6 Å². The van der Waals surface area contributed by atoms with E-state index in [1.165, 1.54) is 0 Å². The number of anilines is 2. The molecule has 0 amide bonds. The van der Waals surface area contributed by atoms with Crippen LogP contribution in [-0.4, -0.2) is 34.6 Å². The SMILES string of the molecule is CCSCC(C)Nc1cc(NC)nc(C(C)C)n1. The zero-order valence-corrected chi connectivity index (χ0v) is 12.8. The third-order valence-corrected chi connectivity index (χ3v) is 3.63. The third-order valence-electron chi connectivity index (χ3n) is 2.48. The first-order valence-electron chi connectivity index (χ1n) is 6.47. The van der Waals surface area contributed by atoms with Gasteiger partial charge in [-0.3, -0.25) is 0 Å². The van der Waals surface area contributed by atoms with Crippen LogP contribution in [0.2, 0.25) is 0 Å². The van der Waals surface area contributed by atoms with E-state index in [-0.39, 0.29) is 0 Å². The summed E-state index contributed by atoms with van der Waals surface area (Å²) < 4.78 is 0. The average molecular weight is 268 g/mol. The lowest BCUT2D eigenvalue weighted by Gasteiger charge is -2.16. The summed E-state index contributed by atoms with van der Waals surface area (Å²) in [5.74, 6) is 5.22. The van der Waals surface area contributed by atoms with Gasteiger partial charge in [-0.15, -0.1) is 0 Å². The largest absolute Gasteiger partial charge is 0.373 e. The fourth-order valence-electron chi connectivity index (χ4n) is 1.51. The molecule has 1 unspecified atom stereocenters. The minimum Gasteiger partial charge on any atom is -0.373 e. The zero-order valence-electron chi connectivity index (χ0n) is 11.9. The summed E-state index contributed by atoms with van der Waals surface area (Å²) in [6.07, 6.45) is 0. The monoisotopic (exact) mass is 268 g/mol. The fraction of sp³-hybridized carbons (Fsp3) is 0.692. The first-order valence-corrected chi connectivity index (χ1v) is 7.63. The van der Waals surface area contributed by atoms with E-state index < -0.39 is 0 Å². The molecule has 1 atom stereocenters. The predicted octanol–water partition coefficient (Wildman–Crippen LogP) is 3.20. The van der Waals surface area contributed by atoms with Crippen LogP contribution in [0.25, 0.3) is 0 Å². The minimum absolute atomic E-state index is 0.333. The minimum atomic E-state index is 0.333. The van der Waals surface area contributed by atoms with Crippen molar-refractivity contribution < 1.29 is 0 Å². The highest BCUT2D eigenvalue weighted by Gasteiger charge is 2.09. The second kappa shape index (κ2) is 7.46. The summed E-state index contributed by atoms with van der Waals surface area (Å²) >= 11 is 1.93. The number of thioether (sulfide) groups is 1. The molecular formula is C13H24N4S. The Balaban J connectivity index is 2.77. The number of nitrogens with zero attached hydrogens (tertiary/aromatic N) is 2. The topological polar surface area (TPSA) is 49.8 Å². The number of nitrogens with one attached hydrogen (secondary N) is 2. The van der Waals surface area contributed by atoms with Crippen LogP contribution in [0.15, 0.2) is 6.07 Å². The lowest BCUT2D eigenvalue weighted by atomic mass is 10.2. The molecule has 4 nitrogen and oxygen atoms in total. The molecule has 0 aromatic carbocycles. The van der Waals surface area contributed by atoms with Crippen molar-refractivity contribution in [3.8, 4) is 0 Å². The van der Waals surface area contributed by atoms with Gasteiger partial charge in [0.1, 0.15) is 17.5 Å². The molecule has 0 aliphatic heterocycles. The quantitative estimate of drug-likeness (QED) is 0.795. The summed E-state index contributed by atoms with van der Waals surface area (Å²) in [7, 11) is 1.88. The van der Waals surface area contributed by atoms with E-state index in [1.54, 1.807) is 0 Å². The molecule has 0 aliphatic carbocycles. The lowest BCUT2D eigenvalue weighted by Crippen LogP contribution is -2.19. The molecule has 5 heteroatoms. The number of rotatable bonds is 7. The lowest BCUT2D eigenvalue weighted by molar-refractivity contribution is 0.772. The van der Waals surface area contributed by atoms with Gasteiger partial charge in [0.2, 0.25) is 0 Å². The Morgan fingerprint density at radius 1 is 1.22 bits per heavy atom. The van der Waals surface area contributed by atoms with Crippen LogP contribution in [0.5, 0.6) is 0 Å².